The van der Waals surface area contributed by atoms with Gasteiger partial charge in [0.2, 0.25) is 6.29 Å². The van der Waals surface area contributed by atoms with E-state index in [1.807, 2.05) is 38.1 Å². The van der Waals surface area contributed by atoms with Crippen LogP contribution in [0.15, 0.2) is 42.5 Å². The van der Waals surface area contributed by atoms with E-state index in [4.69, 9.17) is 56.8 Å². The van der Waals surface area contributed by atoms with E-state index < -0.39 is 241 Å². The third-order valence-electron chi connectivity index (χ3n) is 26.0. The summed E-state index contributed by atoms with van der Waals surface area (Å²) in [5.74, 6) is -6.87. The first-order valence-corrected chi connectivity index (χ1v) is 37.4. The number of unbranched alkanes of at least 4 members (excludes halogenated alkanes) is 1. The number of aliphatic hydroxyl groups excluding tert-OH is 12. The van der Waals surface area contributed by atoms with E-state index in [2.05, 4.69) is 46.8 Å². The Hall–Kier alpha value is -4.55. The molecule has 11 rings (SSSR count). The summed E-state index contributed by atoms with van der Waals surface area (Å²) in [6, 6.07) is 7.38. The number of aliphatic hydroxyl groups is 12. The predicted molar refractivity (Wildman–Crippen MR) is 364 cm³/mol. The summed E-state index contributed by atoms with van der Waals surface area (Å²) in [7, 11) is 0. The van der Waals surface area contributed by atoms with Gasteiger partial charge >= 0.3 is 23.9 Å². The number of carbonyl (C=O) groups excluding carboxylic acids is 5. The number of hydrogen-bond donors (Lipinski definition) is 12. The molecule has 4 aliphatic heterocycles. The number of hydrogen-bond acceptors (Lipinski definition) is 29. The summed E-state index contributed by atoms with van der Waals surface area (Å²) < 4.78 is 74.4. The molecule has 9 fully saturated rings. The van der Waals surface area contributed by atoms with Gasteiger partial charge in [0.25, 0.3) is 0 Å². The zero-order valence-electron chi connectivity index (χ0n) is 61.7. The molecule has 1 aromatic carbocycles. The van der Waals surface area contributed by atoms with E-state index in [1.165, 1.54) is 6.08 Å². The van der Waals surface area contributed by atoms with E-state index in [0.717, 1.165) is 18.8 Å². The van der Waals surface area contributed by atoms with Crippen molar-refractivity contribution < 1.29 is 142 Å². The van der Waals surface area contributed by atoms with Gasteiger partial charge in [-0.2, -0.15) is 0 Å². The highest BCUT2D eigenvalue weighted by Gasteiger charge is 2.71. The summed E-state index contributed by atoms with van der Waals surface area (Å²) in [4.78, 5) is 70.8. The van der Waals surface area contributed by atoms with Gasteiger partial charge in [0.05, 0.1) is 61.7 Å². The summed E-state index contributed by atoms with van der Waals surface area (Å²) >= 11 is 0. The van der Waals surface area contributed by atoms with Crippen molar-refractivity contribution in [2.75, 3.05) is 19.8 Å². The Kier molecular flexibility index (Phi) is 24.9. The van der Waals surface area contributed by atoms with Crippen molar-refractivity contribution in [1.82, 2.24) is 0 Å². The van der Waals surface area contributed by atoms with Crippen LogP contribution in [0.3, 0.4) is 0 Å². The molecule has 36 atom stereocenters. The van der Waals surface area contributed by atoms with Crippen molar-refractivity contribution in [3.05, 3.63) is 53.6 Å². The molecule has 4 saturated heterocycles. The minimum Gasteiger partial charge on any atom is -0.464 e. The van der Waals surface area contributed by atoms with Crippen LogP contribution in [0.4, 0.5) is 0 Å². The number of esters is 4. The average molecular weight is 1490 g/mol. The molecule has 5 saturated carbocycles. The van der Waals surface area contributed by atoms with Crippen LogP contribution < -0.4 is 0 Å². The highest BCUT2D eigenvalue weighted by molar-refractivity contribution is 5.87. The maximum absolute atomic E-state index is 15.5. The maximum Gasteiger partial charge on any atom is 0.338 e. The van der Waals surface area contributed by atoms with Gasteiger partial charge in [0.15, 0.2) is 43.3 Å². The van der Waals surface area contributed by atoms with Crippen molar-refractivity contribution >= 4 is 36.2 Å². The highest BCUT2D eigenvalue weighted by Crippen LogP contribution is 2.75. The monoisotopic (exact) mass is 1490 g/mol. The fraction of sp³-hybridized carbons (Fsp3) is 0.803. The van der Waals surface area contributed by atoms with Crippen molar-refractivity contribution in [2.45, 2.75) is 294 Å². The Labute approximate surface area is 611 Å². The van der Waals surface area contributed by atoms with Gasteiger partial charge in [0.1, 0.15) is 79.5 Å². The van der Waals surface area contributed by atoms with Crippen LogP contribution in [0.1, 0.15) is 145 Å². The second-order valence-electron chi connectivity index (χ2n) is 33.4. The van der Waals surface area contributed by atoms with E-state index in [9.17, 15) is 80.5 Å². The Bertz CT molecular complexity index is 3260. The second-order valence-corrected chi connectivity index (χ2v) is 33.4. The van der Waals surface area contributed by atoms with Crippen LogP contribution in [0.2, 0.25) is 0 Å². The molecule has 0 radical (unpaired) electrons. The molecule has 10 aliphatic rings. The summed E-state index contributed by atoms with van der Waals surface area (Å²) in [5, 5.41) is 134. The molecule has 26 unspecified atom stereocenters. The number of benzene rings is 1. The van der Waals surface area contributed by atoms with Gasteiger partial charge in [-0.1, -0.05) is 104 Å². The molecule has 29 heteroatoms. The average Bonchev–Trinajstić information content (AvgIpc) is 0.676. The molecule has 105 heavy (non-hydrogen) atoms. The quantitative estimate of drug-likeness (QED) is 0.0167. The number of carbonyl (C=O) groups is 5. The lowest BCUT2D eigenvalue weighted by atomic mass is 9.33. The Morgan fingerprint density at radius 2 is 1.30 bits per heavy atom. The summed E-state index contributed by atoms with van der Waals surface area (Å²) in [5.41, 5.74) is -2.08. The Balaban J connectivity index is 0.872. The van der Waals surface area contributed by atoms with Gasteiger partial charge in [-0.15, -0.1) is 0 Å². The molecular weight excluding hydrogens is 1380 g/mol. The first-order valence-electron chi connectivity index (χ1n) is 37.4. The highest BCUT2D eigenvalue weighted by atomic mass is 16.8. The molecule has 0 bridgehead atoms. The number of ether oxygens (including phenoxy) is 12. The number of rotatable bonds is 20. The lowest BCUT2D eigenvalue weighted by Crippen LogP contribution is -2.69. The number of fused-ring (bicyclic) bond motifs is 7. The van der Waals surface area contributed by atoms with Crippen LogP contribution in [0.5, 0.6) is 0 Å². The molecule has 29 nitrogen and oxygen atoms in total. The van der Waals surface area contributed by atoms with Crippen LogP contribution in [-0.4, -0.2) is 265 Å². The van der Waals surface area contributed by atoms with Crippen LogP contribution in [0.25, 0.3) is 6.08 Å². The van der Waals surface area contributed by atoms with E-state index >= 15 is 4.79 Å². The third-order valence-corrected chi connectivity index (χ3v) is 26.0. The third kappa shape index (κ3) is 15.5. The topological polar surface area (TPSA) is 439 Å². The lowest BCUT2D eigenvalue weighted by Gasteiger charge is -2.71. The molecule has 1 aromatic rings. The summed E-state index contributed by atoms with van der Waals surface area (Å²) in [6.45, 7) is 19.2. The summed E-state index contributed by atoms with van der Waals surface area (Å²) in [6.07, 6.45) is -29.5. The number of allylic oxidation sites excluding steroid dienone is 2. The zero-order chi connectivity index (χ0) is 76.5. The van der Waals surface area contributed by atoms with Gasteiger partial charge in [-0.05, 0) is 135 Å². The van der Waals surface area contributed by atoms with E-state index in [0.29, 0.717) is 44.1 Å². The molecular formula is C76H112O29. The molecule has 0 spiro atoms. The first-order chi connectivity index (χ1) is 49.4. The molecule has 0 amide bonds. The number of aryl methyl sites for hydroxylation is 1. The van der Waals surface area contributed by atoms with Crippen LogP contribution >= 0.6 is 0 Å². The van der Waals surface area contributed by atoms with Crippen molar-refractivity contribution in [3.63, 3.8) is 0 Å². The maximum atomic E-state index is 15.5. The fourth-order valence-electron chi connectivity index (χ4n) is 20.1. The first kappa shape index (κ1) is 81.4. The molecule has 4 heterocycles. The van der Waals surface area contributed by atoms with Gasteiger partial charge in [0, 0.05) is 18.9 Å². The number of aldehydes is 1. The van der Waals surface area contributed by atoms with Crippen molar-refractivity contribution in [2.24, 2.45) is 68.5 Å². The Morgan fingerprint density at radius 3 is 1.98 bits per heavy atom. The molecule has 590 valence electrons. The fourth-order valence-corrected chi connectivity index (χ4v) is 20.1. The Morgan fingerprint density at radius 1 is 0.629 bits per heavy atom. The van der Waals surface area contributed by atoms with Gasteiger partial charge < -0.3 is 123 Å². The minimum atomic E-state index is -2.07. The van der Waals surface area contributed by atoms with Crippen molar-refractivity contribution in [3.8, 4) is 0 Å². The smallest absolute Gasteiger partial charge is 0.338 e. The molecule has 0 aromatic heterocycles. The SMILES string of the molecule is CCCCOC(=O)C1OC(O[C@H]2CC[C@]3(C)[C@H]4C=CC5[C@@H]6CC(C)(C)C[C@@H](C(=O)OC7OC(C)C(OC(=O)/C=C\c8ccc(C)cc8)C(OC(C)=O)C7OC7CC(C)C(O)C(O)C7O)C6[C@H](O)C[C@@]5(C)[C@]4(C)CC[C@H]3[C@]2(C)C=O)C(OC2OC(CO)C(O)C(O)C2O)C(OC2OCC(O)C(O)C2O)C1O. The van der Waals surface area contributed by atoms with E-state index in [-0.39, 0.29) is 50.0 Å². The van der Waals surface area contributed by atoms with Gasteiger partial charge in [-0.3, -0.25) is 9.59 Å². The molecule has 12 N–H and O–H groups in total. The normalized spacial score (nSPS) is 48.1. The lowest BCUT2D eigenvalue weighted by molar-refractivity contribution is -0.391. The van der Waals surface area contributed by atoms with E-state index in [1.54, 1.807) is 26.8 Å². The predicted octanol–water partition coefficient (Wildman–Crippen LogP) is 1.50. The zero-order valence-corrected chi connectivity index (χ0v) is 61.7. The van der Waals surface area contributed by atoms with Gasteiger partial charge in [-0.25, -0.2) is 9.59 Å². The van der Waals surface area contributed by atoms with Crippen molar-refractivity contribution in [1.29, 1.82) is 0 Å². The van der Waals surface area contributed by atoms with Crippen LogP contribution in [-0.2, 0) is 80.8 Å². The standard InChI is InChI=1S/C76H112O29/c1-12-13-26-94-67(93)62-59(91)61(102-68-57(89)52(84)43(81)32-95-68)64(104-69-58(90)56(88)54(86)45(31-77)99-69)71(103-62)100-48-23-24-73(8)46(74(48,9)33-78)22-25-75(10)47(73)20-19-41-39-28-72(6,7)29-40(50(39)42(80)30-76(41,75)11)66(92)105-70-65(98-44-27-35(3)51(83)55(87)53(44)85)63(97-37(5)79)60(36(4)96-70)101-49(82)21-18-38-16-14-34(2)15-17-38/h14-21,33,35-36,39-48,50-65,68-71,77,80-81,83-91H,12-13,22-32H2,1-11H3/b21-18-/t35?,36?,39-,40+,41?,42+,43?,44?,45?,46+,47+,48-,50?,51?,52?,53?,54?,55?,56?,57?,58?,59?,60?,61?,62?,63?,64?,65?,68?,69?,70?,71?,73-,74-,75+,76+/m0/s1. The largest absolute Gasteiger partial charge is 0.464 e. The van der Waals surface area contributed by atoms with Crippen LogP contribution in [0, 0.1) is 75.4 Å². The molecule has 6 aliphatic carbocycles. The second kappa shape index (κ2) is 32.0. The minimum absolute atomic E-state index is 0.00408.